The number of carbonyl (C=O) groups is 2. The number of anilines is 1. The lowest BCUT2D eigenvalue weighted by molar-refractivity contribution is -0.115. The van der Waals surface area contributed by atoms with E-state index in [2.05, 4.69) is 10.6 Å². The molecule has 0 radical (unpaired) electrons. The minimum Gasteiger partial charge on any atom is -0.343 e. The second kappa shape index (κ2) is 7.49. The minimum atomic E-state index is -0.974. The maximum absolute atomic E-state index is 13.5. The Kier molecular flexibility index (Phi) is 5.41. The van der Waals surface area contributed by atoms with Gasteiger partial charge in [0.25, 0.3) is 5.91 Å². The Labute approximate surface area is 132 Å². The van der Waals surface area contributed by atoms with Crippen molar-refractivity contribution in [1.82, 2.24) is 5.32 Å². The van der Waals surface area contributed by atoms with Crippen LogP contribution >= 0.6 is 0 Å². The van der Waals surface area contributed by atoms with Crippen molar-refractivity contribution in [2.45, 2.75) is 13.3 Å². The largest absolute Gasteiger partial charge is 0.343 e. The van der Waals surface area contributed by atoms with Crippen LogP contribution in [0.1, 0.15) is 22.8 Å². The van der Waals surface area contributed by atoms with Crippen LogP contribution in [0.5, 0.6) is 0 Å². The summed E-state index contributed by atoms with van der Waals surface area (Å²) >= 11 is 0. The topological polar surface area (TPSA) is 58.2 Å². The highest BCUT2D eigenvalue weighted by atomic mass is 19.1. The van der Waals surface area contributed by atoms with Gasteiger partial charge in [-0.2, -0.15) is 0 Å². The molecule has 0 aromatic heterocycles. The Morgan fingerprint density at radius 2 is 1.87 bits per heavy atom. The molecule has 0 aliphatic heterocycles. The van der Waals surface area contributed by atoms with Gasteiger partial charge >= 0.3 is 0 Å². The molecule has 2 amide bonds. The third kappa shape index (κ3) is 4.60. The monoisotopic (exact) mass is 318 g/mol. The average molecular weight is 318 g/mol. The summed E-state index contributed by atoms with van der Waals surface area (Å²) < 4.78 is 26.2. The summed E-state index contributed by atoms with van der Waals surface area (Å²) in [6.07, 6.45) is 0.838. The van der Waals surface area contributed by atoms with E-state index in [0.717, 1.165) is 24.1 Å². The van der Waals surface area contributed by atoms with Gasteiger partial charge in [0.2, 0.25) is 5.91 Å². The minimum absolute atomic E-state index is 0.313. The van der Waals surface area contributed by atoms with Crippen molar-refractivity contribution in [3.05, 3.63) is 65.2 Å². The van der Waals surface area contributed by atoms with E-state index in [1.807, 2.05) is 25.1 Å². The number of amides is 2. The number of carbonyl (C=O) groups excluding carboxylic acids is 2. The van der Waals surface area contributed by atoms with Crippen LogP contribution in [0.2, 0.25) is 0 Å². The second-order valence-electron chi connectivity index (χ2n) is 4.91. The lowest BCUT2D eigenvalue weighted by Crippen LogP contribution is -2.33. The summed E-state index contributed by atoms with van der Waals surface area (Å²) in [6.45, 7) is 1.68. The van der Waals surface area contributed by atoms with Crippen LogP contribution < -0.4 is 10.6 Å². The highest BCUT2D eigenvalue weighted by Crippen LogP contribution is 2.11. The number of halogens is 2. The van der Waals surface area contributed by atoms with Crippen molar-refractivity contribution in [1.29, 1.82) is 0 Å². The molecular formula is C17H16F2N2O2. The molecule has 4 nitrogen and oxygen atoms in total. The summed E-state index contributed by atoms with van der Waals surface area (Å²) in [5.74, 6) is -2.96. The molecule has 0 bridgehead atoms. The van der Waals surface area contributed by atoms with Gasteiger partial charge in [-0.3, -0.25) is 9.59 Å². The number of aryl methyl sites for hydroxylation is 1. The first kappa shape index (κ1) is 16.6. The first-order valence-electron chi connectivity index (χ1n) is 7.11. The fourth-order valence-corrected chi connectivity index (χ4v) is 2.00. The van der Waals surface area contributed by atoms with E-state index < -0.39 is 23.4 Å². The molecule has 120 valence electrons. The van der Waals surface area contributed by atoms with Crippen LogP contribution in [0.3, 0.4) is 0 Å². The maximum Gasteiger partial charge on any atom is 0.254 e. The van der Waals surface area contributed by atoms with Gasteiger partial charge in [0.15, 0.2) is 0 Å². The quantitative estimate of drug-likeness (QED) is 0.890. The molecule has 0 unspecified atom stereocenters. The summed E-state index contributed by atoms with van der Waals surface area (Å²) in [5.41, 5.74) is 1.38. The number of nitrogens with one attached hydrogen (secondary N) is 2. The second-order valence-corrected chi connectivity index (χ2v) is 4.91. The SMILES string of the molecule is CCc1cccc(NC(=O)CNC(=O)c2ccc(F)cc2F)c1. The molecule has 0 fully saturated rings. The fraction of sp³-hybridized carbons (Fsp3) is 0.176. The van der Waals surface area contributed by atoms with Gasteiger partial charge in [-0.25, -0.2) is 8.78 Å². The number of benzene rings is 2. The number of rotatable bonds is 5. The summed E-state index contributed by atoms with van der Waals surface area (Å²) in [7, 11) is 0. The molecule has 2 aromatic rings. The van der Waals surface area contributed by atoms with E-state index in [1.54, 1.807) is 6.07 Å². The Hall–Kier alpha value is -2.76. The Balaban J connectivity index is 1.92. The van der Waals surface area contributed by atoms with Crippen molar-refractivity contribution < 1.29 is 18.4 Å². The lowest BCUT2D eigenvalue weighted by Gasteiger charge is -2.08. The lowest BCUT2D eigenvalue weighted by atomic mass is 10.1. The molecule has 2 rings (SSSR count). The molecule has 2 N–H and O–H groups in total. The van der Waals surface area contributed by atoms with Crippen LogP contribution in [-0.4, -0.2) is 18.4 Å². The summed E-state index contributed by atoms with van der Waals surface area (Å²) in [5, 5.41) is 4.93. The zero-order valence-electron chi connectivity index (χ0n) is 12.5. The molecule has 0 spiro atoms. The summed E-state index contributed by atoms with van der Waals surface area (Å²) in [4.78, 5) is 23.6. The first-order chi connectivity index (χ1) is 11.0. The Morgan fingerprint density at radius 1 is 1.09 bits per heavy atom. The predicted octanol–water partition coefficient (Wildman–Crippen LogP) is 2.90. The molecule has 23 heavy (non-hydrogen) atoms. The zero-order valence-corrected chi connectivity index (χ0v) is 12.5. The molecule has 0 saturated heterocycles. The summed E-state index contributed by atoms with van der Waals surface area (Å²) in [6, 6.07) is 9.95. The van der Waals surface area contributed by atoms with Gasteiger partial charge in [-0.15, -0.1) is 0 Å². The molecular weight excluding hydrogens is 302 g/mol. The van der Waals surface area contributed by atoms with Gasteiger partial charge in [-0.1, -0.05) is 19.1 Å². The smallest absolute Gasteiger partial charge is 0.254 e. The normalized spacial score (nSPS) is 10.2. The fourth-order valence-electron chi connectivity index (χ4n) is 2.00. The van der Waals surface area contributed by atoms with Crippen molar-refractivity contribution in [2.24, 2.45) is 0 Å². The van der Waals surface area contributed by atoms with Crippen molar-refractivity contribution >= 4 is 17.5 Å². The highest BCUT2D eigenvalue weighted by Gasteiger charge is 2.13. The van der Waals surface area contributed by atoms with E-state index in [-0.39, 0.29) is 12.1 Å². The van der Waals surface area contributed by atoms with Gasteiger partial charge in [0.1, 0.15) is 11.6 Å². The van der Waals surface area contributed by atoms with E-state index in [1.165, 1.54) is 0 Å². The predicted molar refractivity (Wildman–Crippen MR) is 83.1 cm³/mol. The third-order valence-electron chi connectivity index (χ3n) is 3.20. The van der Waals surface area contributed by atoms with E-state index >= 15 is 0 Å². The van der Waals surface area contributed by atoms with Crippen molar-refractivity contribution in [3.63, 3.8) is 0 Å². The van der Waals surface area contributed by atoms with Gasteiger partial charge in [0, 0.05) is 11.8 Å². The standard InChI is InChI=1S/C17H16F2N2O2/c1-2-11-4-3-5-13(8-11)21-16(22)10-20-17(23)14-7-6-12(18)9-15(14)19/h3-9H,2,10H2,1H3,(H,20,23)(H,21,22). The maximum atomic E-state index is 13.5. The molecule has 2 aromatic carbocycles. The van der Waals surface area contributed by atoms with E-state index in [0.29, 0.717) is 11.8 Å². The molecule has 6 heteroatoms. The van der Waals surface area contributed by atoms with Crippen molar-refractivity contribution in [3.8, 4) is 0 Å². The molecule has 0 atom stereocenters. The van der Waals surface area contributed by atoms with Crippen LogP contribution in [0.25, 0.3) is 0 Å². The molecule has 0 aliphatic rings. The van der Waals surface area contributed by atoms with Crippen LogP contribution in [-0.2, 0) is 11.2 Å². The average Bonchev–Trinajstić information content (AvgIpc) is 2.53. The van der Waals surface area contributed by atoms with Crippen LogP contribution in [0.15, 0.2) is 42.5 Å². The number of hydrogen-bond acceptors (Lipinski definition) is 2. The molecule has 0 saturated carbocycles. The van der Waals surface area contributed by atoms with Crippen LogP contribution in [0, 0.1) is 11.6 Å². The van der Waals surface area contributed by atoms with Gasteiger partial charge in [-0.05, 0) is 36.2 Å². The van der Waals surface area contributed by atoms with E-state index in [4.69, 9.17) is 0 Å². The van der Waals surface area contributed by atoms with E-state index in [9.17, 15) is 18.4 Å². The molecule has 0 heterocycles. The Morgan fingerprint density at radius 3 is 2.57 bits per heavy atom. The van der Waals surface area contributed by atoms with Gasteiger partial charge < -0.3 is 10.6 Å². The number of hydrogen-bond donors (Lipinski definition) is 2. The first-order valence-corrected chi connectivity index (χ1v) is 7.11. The van der Waals surface area contributed by atoms with Crippen molar-refractivity contribution in [2.75, 3.05) is 11.9 Å². The Bertz CT molecular complexity index is 732. The van der Waals surface area contributed by atoms with Crippen LogP contribution in [0.4, 0.5) is 14.5 Å². The third-order valence-corrected chi connectivity index (χ3v) is 3.20. The van der Waals surface area contributed by atoms with Gasteiger partial charge in [0.05, 0.1) is 12.1 Å². The zero-order chi connectivity index (χ0) is 16.8. The molecule has 0 aliphatic carbocycles. The highest BCUT2D eigenvalue weighted by molar-refractivity contribution is 5.99.